The average molecular weight is 141 g/mol. The van der Waals surface area contributed by atoms with E-state index in [1.807, 2.05) is 30.3 Å². The second-order valence-corrected chi connectivity index (χ2v) is 0.962. The van der Waals surface area contributed by atoms with Crippen molar-refractivity contribution in [2.75, 3.05) is 0 Å². The summed E-state index contributed by atoms with van der Waals surface area (Å²) in [5.41, 5.74) is 0. The summed E-state index contributed by atoms with van der Waals surface area (Å²) in [5.74, 6) is 0. The molecular formula is C5H6BOTi-. The molecule has 0 spiro atoms. The van der Waals surface area contributed by atoms with Gasteiger partial charge in [0, 0.05) is 21.7 Å². The van der Waals surface area contributed by atoms with Gasteiger partial charge in [0.15, 0.2) is 0 Å². The van der Waals surface area contributed by atoms with Gasteiger partial charge in [-0.25, -0.2) is 12.1 Å². The summed E-state index contributed by atoms with van der Waals surface area (Å²) in [4.78, 5) is 0. The molecule has 0 atom stereocenters. The van der Waals surface area contributed by atoms with Crippen LogP contribution in [-0.2, 0) is 21.7 Å². The van der Waals surface area contributed by atoms with Crippen molar-refractivity contribution in [2.24, 2.45) is 0 Å². The Morgan fingerprint density at radius 1 is 1.12 bits per heavy atom. The molecule has 1 aromatic carbocycles. The van der Waals surface area contributed by atoms with E-state index in [4.69, 9.17) is 5.02 Å². The van der Waals surface area contributed by atoms with Crippen molar-refractivity contribution in [3.63, 3.8) is 0 Å². The first-order valence-corrected chi connectivity index (χ1v) is 1.92. The van der Waals surface area contributed by atoms with Crippen molar-refractivity contribution >= 4 is 8.05 Å². The zero-order valence-corrected chi connectivity index (χ0v) is 5.97. The van der Waals surface area contributed by atoms with Gasteiger partial charge in [0.2, 0.25) is 0 Å². The summed E-state index contributed by atoms with van der Waals surface area (Å²) in [6.07, 6.45) is 0. The Morgan fingerprint density at radius 2 is 1.50 bits per heavy atom. The predicted octanol–water partition coefficient (Wildman–Crippen LogP) is 0.465. The van der Waals surface area contributed by atoms with E-state index >= 15 is 0 Å². The van der Waals surface area contributed by atoms with Gasteiger partial charge in [0.05, 0.1) is 0 Å². The van der Waals surface area contributed by atoms with E-state index in [0.29, 0.717) is 0 Å². The molecule has 1 nitrogen and oxygen atoms in total. The van der Waals surface area contributed by atoms with Crippen LogP contribution in [0.2, 0.25) is 0 Å². The first kappa shape index (κ1) is 11.0. The molecule has 1 aromatic rings. The Hall–Kier alpha value is 0.0892. The molecule has 2 radical (unpaired) electrons. The molecule has 0 heterocycles. The monoisotopic (exact) mass is 141 g/mol. The number of rotatable bonds is 0. The van der Waals surface area contributed by atoms with Crippen LogP contribution >= 0.6 is 0 Å². The van der Waals surface area contributed by atoms with E-state index in [9.17, 15) is 0 Å². The normalized spacial score (nSPS) is 5.62. The molecule has 1 rings (SSSR count). The smallest absolute Gasteiger partial charge is 0.277 e. The van der Waals surface area contributed by atoms with Gasteiger partial charge in [-0.3, -0.25) is 0 Å². The quantitative estimate of drug-likeness (QED) is 0.411. The van der Waals surface area contributed by atoms with E-state index < -0.39 is 0 Å². The molecule has 1 N–H and O–H groups in total. The van der Waals surface area contributed by atoms with Gasteiger partial charge in [-0.1, -0.05) is 0 Å². The van der Waals surface area contributed by atoms with Crippen LogP contribution in [0, 0.1) is 0 Å². The fraction of sp³-hybridized carbons (Fsp3) is 0. The number of hydrogen-bond donors (Lipinski definition) is 1. The molecule has 0 saturated heterocycles. The molecule has 0 unspecified atom stereocenters. The fourth-order valence-corrected chi connectivity index (χ4v) is 0.321. The minimum atomic E-state index is 0. The topological polar surface area (TPSA) is 20.2 Å². The third-order valence-corrected chi connectivity index (χ3v) is 0.556. The molecule has 0 aromatic heterocycles. The number of hydrogen-bond acceptors (Lipinski definition) is 1. The summed E-state index contributed by atoms with van der Waals surface area (Å²) in [6, 6.07) is 10.0. The molecule has 0 aliphatic carbocycles. The van der Waals surface area contributed by atoms with E-state index in [1.165, 1.54) is 0 Å². The van der Waals surface area contributed by atoms with Crippen molar-refractivity contribution in [1.82, 2.24) is 0 Å². The molecule has 0 fully saturated rings. The average Bonchev–Trinajstić information content (AvgIpc) is 2.23. The summed E-state index contributed by atoms with van der Waals surface area (Å²) in [7, 11) is 3.50. The maximum Gasteiger partial charge on any atom is 0.277 e. The van der Waals surface area contributed by atoms with Crippen LogP contribution in [0.4, 0.5) is 0 Å². The summed E-state index contributed by atoms with van der Waals surface area (Å²) in [5, 5.41) is 6.50. The van der Waals surface area contributed by atoms with Crippen LogP contribution in [0.5, 0.6) is 0 Å². The molecule has 0 bridgehead atoms. The van der Waals surface area contributed by atoms with Crippen molar-refractivity contribution < 1.29 is 26.7 Å². The van der Waals surface area contributed by atoms with Crippen LogP contribution in [0.3, 0.4) is 0 Å². The third-order valence-electron chi connectivity index (χ3n) is 0.556. The maximum atomic E-state index is 6.50. The molecule has 0 saturated carbocycles. The Labute approximate surface area is 65.4 Å². The largest absolute Gasteiger partial charge is 0.461 e. The molecule has 40 valence electrons. The van der Waals surface area contributed by atoms with Crippen molar-refractivity contribution in [3.8, 4) is 0 Å². The van der Waals surface area contributed by atoms with Crippen molar-refractivity contribution in [3.05, 3.63) is 30.3 Å². The van der Waals surface area contributed by atoms with Gasteiger partial charge >= 0.3 is 0 Å². The predicted molar refractivity (Wildman–Crippen MR) is 30.0 cm³/mol. The minimum Gasteiger partial charge on any atom is -0.461 e. The fourth-order valence-electron chi connectivity index (χ4n) is 0.321. The molecule has 0 aliphatic rings. The molecule has 8 heavy (non-hydrogen) atoms. The van der Waals surface area contributed by atoms with Gasteiger partial charge in [-0.2, -0.15) is 18.2 Å². The van der Waals surface area contributed by atoms with Crippen LogP contribution in [0.1, 0.15) is 0 Å². The first-order chi connectivity index (χ1) is 3.50. The van der Waals surface area contributed by atoms with E-state index in [2.05, 4.69) is 8.05 Å². The van der Waals surface area contributed by atoms with Gasteiger partial charge in [0.25, 0.3) is 8.05 Å². The molecule has 0 amide bonds. The molecule has 0 aliphatic heterocycles. The molecular weight excluding hydrogens is 135 g/mol. The SMILES string of the molecule is [B]O.[Ti].c1cc[cH-]c1. The summed E-state index contributed by atoms with van der Waals surface area (Å²) >= 11 is 0. The molecule has 3 heteroatoms. The second kappa shape index (κ2) is 10.1. The van der Waals surface area contributed by atoms with Crippen molar-refractivity contribution in [1.29, 1.82) is 0 Å². The van der Waals surface area contributed by atoms with E-state index in [-0.39, 0.29) is 21.7 Å². The van der Waals surface area contributed by atoms with Crippen LogP contribution < -0.4 is 0 Å². The standard InChI is InChI=1S/C5H5.BHO.Ti/c1-2-4-5-3-1;1-2;/h1-5H;2H;/q-1;;. The van der Waals surface area contributed by atoms with Crippen LogP contribution in [-0.4, -0.2) is 13.1 Å². The minimum absolute atomic E-state index is 0. The van der Waals surface area contributed by atoms with E-state index in [0.717, 1.165) is 0 Å². The van der Waals surface area contributed by atoms with Crippen LogP contribution in [0.15, 0.2) is 30.3 Å². The summed E-state index contributed by atoms with van der Waals surface area (Å²) in [6.45, 7) is 0. The Morgan fingerprint density at radius 3 is 1.62 bits per heavy atom. The summed E-state index contributed by atoms with van der Waals surface area (Å²) < 4.78 is 0. The van der Waals surface area contributed by atoms with Gasteiger partial charge in [-0.15, -0.1) is 0 Å². The Balaban J connectivity index is 0. The first-order valence-electron chi connectivity index (χ1n) is 1.92. The van der Waals surface area contributed by atoms with Crippen LogP contribution in [0.25, 0.3) is 0 Å². The zero-order valence-electron chi connectivity index (χ0n) is 4.41. The zero-order chi connectivity index (χ0) is 5.54. The van der Waals surface area contributed by atoms with Crippen molar-refractivity contribution in [2.45, 2.75) is 0 Å². The Kier molecular flexibility index (Phi) is 13.9. The Bertz CT molecular complexity index is 68.9. The van der Waals surface area contributed by atoms with Gasteiger partial charge in [0.1, 0.15) is 0 Å². The third kappa shape index (κ3) is 6.09. The van der Waals surface area contributed by atoms with Gasteiger partial charge < -0.3 is 5.02 Å². The van der Waals surface area contributed by atoms with E-state index in [1.54, 1.807) is 0 Å². The second-order valence-electron chi connectivity index (χ2n) is 0.962. The maximum absolute atomic E-state index is 6.50. The van der Waals surface area contributed by atoms with Gasteiger partial charge in [-0.05, 0) is 0 Å².